The van der Waals surface area contributed by atoms with Crippen LogP contribution in [-0.2, 0) is 11.3 Å². The van der Waals surface area contributed by atoms with Crippen molar-refractivity contribution >= 4 is 12.1 Å². The molecule has 1 amide bonds. The van der Waals surface area contributed by atoms with Gasteiger partial charge in [-0.1, -0.05) is 18.2 Å². The monoisotopic (exact) mass is 256 g/mol. The van der Waals surface area contributed by atoms with Crippen LogP contribution in [0.3, 0.4) is 0 Å². The summed E-state index contributed by atoms with van der Waals surface area (Å²) in [5.41, 5.74) is 3.14. The van der Waals surface area contributed by atoms with E-state index in [2.05, 4.69) is 10.5 Å². The lowest BCUT2D eigenvalue weighted by Crippen LogP contribution is -2.40. The summed E-state index contributed by atoms with van der Waals surface area (Å²) >= 11 is 0. The van der Waals surface area contributed by atoms with E-state index in [0.717, 1.165) is 0 Å². The van der Waals surface area contributed by atoms with E-state index in [1.165, 1.54) is 6.21 Å². The molecule has 0 saturated heterocycles. The topological polar surface area (TPSA) is 65.6 Å². The van der Waals surface area contributed by atoms with E-state index < -0.39 is 0 Å². The molecule has 2 N–H and O–H groups in total. The lowest BCUT2D eigenvalue weighted by molar-refractivity contribution is -0.684. The average Bonchev–Trinajstić information content (AvgIpc) is 2.40. The third-order valence-electron chi connectivity index (χ3n) is 2.38. The van der Waals surface area contributed by atoms with Crippen LogP contribution in [0.1, 0.15) is 5.56 Å². The number of rotatable bonds is 4. The molecule has 0 bridgehead atoms. The number of pyridine rings is 1. The molecule has 0 aliphatic carbocycles. The van der Waals surface area contributed by atoms with Crippen molar-refractivity contribution in [2.75, 3.05) is 0 Å². The highest BCUT2D eigenvalue weighted by Gasteiger charge is 2.06. The molecule has 0 saturated carbocycles. The first-order valence-corrected chi connectivity index (χ1v) is 5.79. The van der Waals surface area contributed by atoms with E-state index in [4.69, 9.17) is 0 Å². The first-order chi connectivity index (χ1) is 9.24. The molecule has 5 heteroatoms. The predicted molar refractivity (Wildman–Crippen MR) is 70.5 cm³/mol. The molecule has 2 rings (SSSR count). The summed E-state index contributed by atoms with van der Waals surface area (Å²) in [6.45, 7) is 0.207. The molecule has 0 radical (unpaired) electrons. The number of hydrogen-bond acceptors (Lipinski definition) is 3. The van der Waals surface area contributed by atoms with Gasteiger partial charge < -0.3 is 5.11 Å². The van der Waals surface area contributed by atoms with Crippen LogP contribution in [0.25, 0.3) is 0 Å². The van der Waals surface area contributed by atoms with E-state index in [-0.39, 0.29) is 18.2 Å². The smallest absolute Gasteiger partial charge is 0.305 e. The minimum atomic E-state index is -0.215. The van der Waals surface area contributed by atoms with Crippen molar-refractivity contribution in [2.45, 2.75) is 6.54 Å². The van der Waals surface area contributed by atoms with E-state index >= 15 is 0 Å². The summed E-state index contributed by atoms with van der Waals surface area (Å²) in [6.07, 6.45) is 5.09. The highest BCUT2D eigenvalue weighted by Crippen LogP contribution is 2.08. The van der Waals surface area contributed by atoms with Gasteiger partial charge in [0.15, 0.2) is 12.4 Å². The first-order valence-electron chi connectivity index (χ1n) is 5.79. The van der Waals surface area contributed by atoms with Gasteiger partial charge in [0, 0.05) is 12.1 Å². The van der Waals surface area contributed by atoms with E-state index in [0.29, 0.717) is 5.56 Å². The molecule has 0 spiro atoms. The molecular formula is C14H14N3O2+. The second kappa shape index (κ2) is 6.30. The fraction of sp³-hybridized carbons (Fsp3) is 0.0714. The fourth-order valence-electron chi connectivity index (χ4n) is 1.52. The molecular weight excluding hydrogens is 242 g/mol. The molecule has 0 unspecified atom stereocenters. The lowest BCUT2D eigenvalue weighted by Gasteiger charge is -1.97. The van der Waals surface area contributed by atoms with Gasteiger partial charge in [-0.3, -0.25) is 4.79 Å². The maximum Gasteiger partial charge on any atom is 0.305 e. The Bertz CT molecular complexity index is 582. The van der Waals surface area contributed by atoms with Gasteiger partial charge in [-0.25, -0.2) is 5.43 Å². The molecule has 96 valence electrons. The number of nitrogens with zero attached hydrogens (tertiary/aromatic N) is 2. The summed E-state index contributed by atoms with van der Waals surface area (Å²) in [7, 11) is 0. The number of hydrazone groups is 1. The quantitative estimate of drug-likeness (QED) is 0.483. The molecule has 0 aliphatic heterocycles. The van der Waals surface area contributed by atoms with Crippen LogP contribution < -0.4 is 9.99 Å². The van der Waals surface area contributed by atoms with E-state index in [1.54, 1.807) is 41.2 Å². The van der Waals surface area contributed by atoms with Gasteiger partial charge in [-0.15, -0.1) is 0 Å². The van der Waals surface area contributed by atoms with Gasteiger partial charge in [0.05, 0.1) is 6.21 Å². The Hall–Kier alpha value is -2.69. The number of phenolic OH excluding ortho intramolecular Hbond substituents is 1. The van der Waals surface area contributed by atoms with Gasteiger partial charge in [0.25, 0.3) is 0 Å². The Morgan fingerprint density at radius 3 is 2.79 bits per heavy atom. The van der Waals surface area contributed by atoms with Crippen molar-refractivity contribution in [1.29, 1.82) is 0 Å². The summed E-state index contributed by atoms with van der Waals surface area (Å²) in [6, 6.07) is 12.2. The Labute approximate surface area is 110 Å². The largest absolute Gasteiger partial charge is 0.508 e. The molecule has 19 heavy (non-hydrogen) atoms. The van der Waals surface area contributed by atoms with Crippen molar-refractivity contribution in [3.8, 4) is 5.75 Å². The van der Waals surface area contributed by atoms with Gasteiger partial charge >= 0.3 is 5.91 Å². The van der Waals surface area contributed by atoms with Crippen LogP contribution in [-0.4, -0.2) is 17.2 Å². The number of carbonyl (C=O) groups excluding carboxylic acids is 1. The minimum Gasteiger partial charge on any atom is -0.508 e. The molecule has 1 aromatic carbocycles. The molecule has 0 fully saturated rings. The second-order valence-corrected chi connectivity index (χ2v) is 3.94. The summed E-state index contributed by atoms with van der Waals surface area (Å²) < 4.78 is 1.75. The van der Waals surface area contributed by atoms with Gasteiger partial charge in [0.1, 0.15) is 5.75 Å². The predicted octanol–water partition coefficient (Wildman–Crippen LogP) is 0.830. The van der Waals surface area contributed by atoms with E-state index in [9.17, 15) is 9.90 Å². The number of nitrogens with one attached hydrogen (secondary N) is 1. The van der Waals surface area contributed by atoms with Crippen molar-refractivity contribution < 1.29 is 14.5 Å². The van der Waals surface area contributed by atoms with Crippen LogP contribution >= 0.6 is 0 Å². The van der Waals surface area contributed by atoms with Gasteiger partial charge in [-0.2, -0.15) is 9.67 Å². The Morgan fingerprint density at radius 1 is 1.26 bits per heavy atom. The number of carbonyl (C=O) groups is 1. The lowest BCUT2D eigenvalue weighted by atomic mass is 10.2. The molecule has 5 nitrogen and oxygen atoms in total. The van der Waals surface area contributed by atoms with Crippen LogP contribution in [0.2, 0.25) is 0 Å². The van der Waals surface area contributed by atoms with Crippen molar-refractivity contribution in [3.63, 3.8) is 0 Å². The van der Waals surface area contributed by atoms with Crippen molar-refractivity contribution in [2.24, 2.45) is 5.10 Å². The van der Waals surface area contributed by atoms with Crippen LogP contribution in [0.15, 0.2) is 60.0 Å². The van der Waals surface area contributed by atoms with Gasteiger partial charge in [0.2, 0.25) is 6.54 Å². The van der Waals surface area contributed by atoms with Gasteiger partial charge in [-0.05, 0) is 17.7 Å². The van der Waals surface area contributed by atoms with Crippen LogP contribution in [0, 0.1) is 0 Å². The molecule has 0 aliphatic rings. The molecule has 0 atom stereocenters. The zero-order valence-electron chi connectivity index (χ0n) is 10.2. The van der Waals surface area contributed by atoms with Crippen molar-refractivity contribution in [1.82, 2.24) is 5.43 Å². The molecule has 1 aromatic heterocycles. The maximum absolute atomic E-state index is 11.6. The number of aromatic hydroxyl groups is 1. The van der Waals surface area contributed by atoms with Crippen LogP contribution in [0.4, 0.5) is 0 Å². The molecule has 1 heterocycles. The standard InChI is InChI=1S/C14H13N3O2/c18-13-6-4-5-12(9-13)10-15-16-14(19)11-17-7-2-1-3-8-17/h1-10H,11H2,(H-,16,18,19)/p+1/b15-10+. The Kier molecular flexibility index (Phi) is 4.23. The number of benzene rings is 1. The highest BCUT2D eigenvalue weighted by atomic mass is 16.3. The second-order valence-electron chi connectivity index (χ2n) is 3.94. The number of phenols is 1. The minimum absolute atomic E-state index is 0.162. The number of amides is 1. The normalized spacial score (nSPS) is 10.5. The number of hydrogen-bond donors (Lipinski definition) is 2. The molecule has 2 aromatic rings. The zero-order chi connectivity index (χ0) is 13.5. The van der Waals surface area contributed by atoms with Crippen LogP contribution in [0.5, 0.6) is 5.75 Å². The van der Waals surface area contributed by atoms with E-state index in [1.807, 2.05) is 18.2 Å². The highest BCUT2D eigenvalue weighted by molar-refractivity contribution is 5.82. The Morgan fingerprint density at radius 2 is 2.05 bits per heavy atom. The zero-order valence-corrected chi connectivity index (χ0v) is 10.2. The SMILES string of the molecule is O=C(C[n+]1ccccc1)N/N=C/c1cccc(O)c1. The average molecular weight is 256 g/mol. The third-order valence-corrected chi connectivity index (χ3v) is 2.38. The third kappa shape index (κ3) is 4.23. The first kappa shape index (κ1) is 12.8. The van der Waals surface area contributed by atoms with Crippen molar-refractivity contribution in [3.05, 3.63) is 60.4 Å². The maximum atomic E-state index is 11.6. The summed E-state index contributed by atoms with van der Waals surface area (Å²) in [4.78, 5) is 11.6. The summed E-state index contributed by atoms with van der Waals surface area (Å²) in [5, 5.41) is 13.1. The number of aromatic nitrogens is 1. The fourth-order valence-corrected chi connectivity index (χ4v) is 1.52. The Balaban J connectivity index is 1.87. The summed E-state index contributed by atoms with van der Waals surface area (Å²) in [5.74, 6) is -0.0530.